The van der Waals surface area contributed by atoms with Crippen molar-refractivity contribution in [2.45, 2.75) is 6.43 Å². The van der Waals surface area contributed by atoms with Crippen LogP contribution in [0.1, 0.15) is 12.1 Å². The van der Waals surface area contributed by atoms with Gasteiger partial charge in [0.25, 0.3) is 6.43 Å². The van der Waals surface area contributed by atoms with Gasteiger partial charge in [0.1, 0.15) is 5.69 Å². The van der Waals surface area contributed by atoms with Gasteiger partial charge in [-0.1, -0.05) is 23.2 Å². The number of hydrogen-bond acceptors (Lipinski definition) is 1. The van der Waals surface area contributed by atoms with E-state index in [1.54, 1.807) is 0 Å². The van der Waals surface area contributed by atoms with Crippen molar-refractivity contribution in [1.82, 2.24) is 4.98 Å². The van der Waals surface area contributed by atoms with Gasteiger partial charge < -0.3 is 0 Å². The third kappa shape index (κ3) is 1.64. The predicted octanol–water partition coefficient (Wildman–Crippen LogP) is 3.47. The zero-order chi connectivity index (χ0) is 9.30. The summed E-state index contributed by atoms with van der Waals surface area (Å²) in [7, 11) is 0. The molecule has 0 bridgehead atoms. The maximum Gasteiger partial charge on any atom is 0.281 e. The maximum atomic E-state index is 12.5. The molecular formula is C6H2Cl2F3N. The van der Waals surface area contributed by atoms with Gasteiger partial charge in [-0.05, 0) is 0 Å². The molecule has 0 aliphatic rings. The first kappa shape index (κ1) is 9.61. The lowest BCUT2D eigenvalue weighted by molar-refractivity contribution is 0.146. The first-order valence-corrected chi connectivity index (χ1v) is 3.57. The summed E-state index contributed by atoms with van der Waals surface area (Å²) in [6.45, 7) is 0. The molecule has 1 rings (SSSR count). The van der Waals surface area contributed by atoms with Crippen LogP contribution in [0.25, 0.3) is 0 Å². The Hall–Kier alpha value is -0.480. The van der Waals surface area contributed by atoms with Crippen LogP contribution >= 0.6 is 23.2 Å². The second-order valence-corrected chi connectivity index (χ2v) is 2.68. The van der Waals surface area contributed by atoms with Gasteiger partial charge in [-0.25, -0.2) is 13.2 Å². The molecule has 1 aromatic heterocycles. The van der Waals surface area contributed by atoms with Crippen molar-refractivity contribution < 1.29 is 13.2 Å². The molecule has 6 heteroatoms. The highest BCUT2D eigenvalue weighted by molar-refractivity contribution is 6.42. The molecular weight excluding hydrogens is 214 g/mol. The fourth-order valence-electron chi connectivity index (χ4n) is 0.609. The van der Waals surface area contributed by atoms with E-state index in [-0.39, 0.29) is 0 Å². The molecule has 0 aromatic carbocycles. The topological polar surface area (TPSA) is 12.9 Å². The Morgan fingerprint density at radius 3 is 2.33 bits per heavy atom. The number of aromatic nitrogens is 1. The number of hydrogen-bond donors (Lipinski definition) is 0. The zero-order valence-electron chi connectivity index (χ0n) is 5.49. The maximum absolute atomic E-state index is 12.5. The fraction of sp³-hybridized carbons (Fsp3) is 0.167. The molecule has 0 fully saturated rings. The molecule has 0 N–H and O–H groups in total. The monoisotopic (exact) mass is 215 g/mol. The first-order chi connectivity index (χ1) is 5.54. The quantitative estimate of drug-likeness (QED) is 0.700. The zero-order valence-corrected chi connectivity index (χ0v) is 7.00. The van der Waals surface area contributed by atoms with Crippen molar-refractivity contribution >= 4 is 23.2 Å². The van der Waals surface area contributed by atoms with E-state index in [1.165, 1.54) is 0 Å². The van der Waals surface area contributed by atoms with Crippen LogP contribution in [-0.2, 0) is 0 Å². The van der Waals surface area contributed by atoms with Crippen molar-refractivity contribution in [3.8, 4) is 0 Å². The predicted molar refractivity (Wildman–Crippen MR) is 39.2 cm³/mol. The third-order valence-corrected chi connectivity index (χ3v) is 2.00. The lowest BCUT2D eigenvalue weighted by Crippen LogP contribution is -1.93. The minimum Gasteiger partial charge on any atom is -0.251 e. The highest BCUT2D eigenvalue weighted by Gasteiger charge is 2.18. The molecule has 1 aromatic rings. The highest BCUT2D eigenvalue weighted by Crippen LogP contribution is 2.32. The van der Waals surface area contributed by atoms with Crippen LogP contribution in [0.2, 0.25) is 10.0 Å². The molecule has 0 aliphatic carbocycles. The molecule has 0 aliphatic heterocycles. The van der Waals surface area contributed by atoms with Gasteiger partial charge in [0.05, 0.1) is 16.2 Å². The van der Waals surface area contributed by atoms with Gasteiger partial charge in [-0.3, -0.25) is 4.98 Å². The van der Waals surface area contributed by atoms with Crippen LogP contribution in [0.3, 0.4) is 0 Å². The molecule has 0 unspecified atom stereocenters. The van der Waals surface area contributed by atoms with E-state index >= 15 is 0 Å². The van der Waals surface area contributed by atoms with E-state index in [9.17, 15) is 13.2 Å². The van der Waals surface area contributed by atoms with Crippen LogP contribution in [-0.4, -0.2) is 4.98 Å². The number of pyridine rings is 1. The smallest absolute Gasteiger partial charge is 0.251 e. The SMILES string of the molecule is Fc1cnc(C(F)F)c(Cl)c1Cl. The molecule has 0 spiro atoms. The fourth-order valence-corrected chi connectivity index (χ4v) is 0.976. The van der Waals surface area contributed by atoms with E-state index in [1.807, 2.05) is 0 Å². The summed E-state index contributed by atoms with van der Waals surface area (Å²) in [5.74, 6) is -0.911. The summed E-state index contributed by atoms with van der Waals surface area (Å²) in [6.07, 6.45) is -2.24. The second-order valence-electron chi connectivity index (χ2n) is 1.92. The minimum absolute atomic E-state index is 0.526. The van der Waals surface area contributed by atoms with Gasteiger partial charge in [0.15, 0.2) is 5.82 Å². The third-order valence-electron chi connectivity index (χ3n) is 1.15. The number of alkyl halides is 2. The summed E-state index contributed by atoms with van der Waals surface area (Å²) in [5.41, 5.74) is -0.705. The molecule has 66 valence electrons. The van der Waals surface area contributed by atoms with Gasteiger partial charge in [-0.2, -0.15) is 0 Å². The Labute approximate surface area is 76.1 Å². The van der Waals surface area contributed by atoms with E-state index in [4.69, 9.17) is 23.2 Å². The van der Waals surface area contributed by atoms with Crippen molar-refractivity contribution in [1.29, 1.82) is 0 Å². The van der Waals surface area contributed by atoms with Gasteiger partial charge in [0.2, 0.25) is 0 Å². The Bertz CT molecular complexity index is 303. The van der Waals surface area contributed by atoms with Gasteiger partial charge in [0, 0.05) is 0 Å². The summed E-state index contributed by atoms with van der Waals surface area (Å²) >= 11 is 10.5. The van der Waals surface area contributed by atoms with E-state index in [0.717, 1.165) is 0 Å². The molecule has 0 atom stereocenters. The van der Waals surface area contributed by atoms with Crippen LogP contribution in [0, 0.1) is 5.82 Å². The van der Waals surface area contributed by atoms with Crippen LogP contribution in [0.5, 0.6) is 0 Å². The number of nitrogens with zero attached hydrogens (tertiary/aromatic N) is 1. The lowest BCUT2D eigenvalue weighted by Gasteiger charge is -2.03. The average molecular weight is 216 g/mol. The van der Waals surface area contributed by atoms with Gasteiger partial charge >= 0.3 is 0 Å². The summed E-state index contributed by atoms with van der Waals surface area (Å²) < 4.78 is 36.5. The Kier molecular flexibility index (Phi) is 2.80. The van der Waals surface area contributed by atoms with Crippen LogP contribution in [0.15, 0.2) is 6.20 Å². The Morgan fingerprint density at radius 1 is 1.25 bits per heavy atom. The molecule has 0 saturated heterocycles. The summed E-state index contributed by atoms with van der Waals surface area (Å²) in [6, 6.07) is 0. The molecule has 1 nitrogen and oxygen atoms in total. The normalized spacial score (nSPS) is 10.8. The lowest BCUT2D eigenvalue weighted by atomic mass is 10.3. The first-order valence-electron chi connectivity index (χ1n) is 2.81. The van der Waals surface area contributed by atoms with Crippen molar-refractivity contribution in [3.63, 3.8) is 0 Å². The highest BCUT2D eigenvalue weighted by atomic mass is 35.5. The Balaban J connectivity index is 3.27. The molecule has 0 saturated carbocycles. The molecule has 12 heavy (non-hydrogen) atoms. The largest absolute Gasteiger partial charge is 0.281 e. The van der Waals surface area contributed by atoms with Crippen LogP contribution < -0.4 is 0 Å². The summed E-state index contributed by atoms with van der Waals surface area (Å²) in [5, 5.41) is -1.06. The number of rotatable bonds is 1. The summed E-state index contributed by atoms with van der Waals surface area (Å²) in [4.78, 5) is 3.10. The van der Waals surface area contributed by atoms with Crippen molar-refractivity contribution in [2.75, 3.05) is 0 Å². The van der Waals surface area contributed by atoms with E-state index < -0.39 is 28.0 Å². The van der Waals surface area contributed by atoms with Gasteiger partial charge in [-0.15, -0.1) is 0 Å². The standard InChI is InChI=1S/C6H2Cl2F3N/c7-3-2(9)1-12-5(4(3)8)6(10)11/h1,6H. The van der Waals surface area contributed by atoms with Crippen molar-refractivity contribution in [2.24, 2.45) is 0 Å². The average Bonchev–Trinajstić information content (AvgIpc) is 2.00. The Morgan fingerprint density at radius 2 is 1.83 bits per heavy atom. The van der Waals surface area contributed by atoms with Crippen LogP contribution in [0.4, 0.5) is 13.2 Å². The van der Waals surface area contributed by atoms with Crippen molar-refractivity contribution in [3.05, 3.63) is 27.8 Å². The molecule has 0 amide bonds. The van der Waals surface area contributed by atoms with E-state index in [2.05, 4.69) is 4.98 Å². The van der Waals surface area contributed by atoms with E-state index in [0.29, 0.717) is 6.20 Å². The second kappa shape index (κ2) is 3.49. The molecule has 1 heterocycles. The minimum atomic E-state index is -2.85. The number of halogens is 5. The molecule has 0 radical (unpaired) electrons.